The maximum atomic E-state index is 12.5. The summed E-state index contributed by atoms with van der Waals surface area (Å²) in [6, 6.07) is 5.97. The average Bonchev–Trinajstić information content (AvgIpc) is 2.98. The van der Waals surface area contributed by atoms with E-state index in [1.807, 2.05) is 25.1 Å². The molecule has 1 amide bonds. The Morgan fingerprint density at radius 1 is 1.22 bits per heavy atom. The molecule has 0 bridgehead atoms. The maximum absolute atomic E-state index is 12.5. The zero-order valence-corrected chi connectivity index (χ0v) is 14.2. The summed E-state index contributed by atoms with van der Waals surface area (Å²) < 4.78 is 1.03. The van der Waals surface area contributed by atoms with Crippen LogP contribution in [0, 0.1) is 20.8 Å². The molecule has 0 aliphatic carbocycles. The molecule has 0 saturated heterocycles. The van der Waals surface area contributed by atoms with Crippen LogP contribution in [-0.4, -0.2) is 21.7 Å². The number of aromatic nitrogens is 2. The summed E-state index contributed by atoms with van der Waals surface area (Å²) in [5, 5.41) is 3.36. The lowest BCUT2D eigenvalue weighted by molar-refractivity contribution is 0.101. The number of ketones is 1. The minimum absolute atomic E-state index is 0.0502. The fraction of sp³-hybridized carbons (Fsp3) is 0.235. The fourth-order valence-electron chi connectivity index (χ4n) is 2.75. The van der Waals surface area contributed by atoms with Crippen LogP contribution >= 0.6 is 11.3 Å². The zero-order chi connectivity index (χ0) is 16.7. The van der Waals surface area contributed by atoms with Crippen molar-refractivity contribution in [2.45, 2.75) is 27.7 Å². The van der Waals surface area contributed by atoms with Gasteiger partial charge in [0.25, 0.3) is 5.91 Å². The largest absolute Gasteiger partial charge is 0.354 e. The second-order valence-corrected chi connectivity index (χ2v) is 6.66. The molecule has 0 radical (unpaired) electrons. The minimum Gasteiger partial charge on any atom is -0.354 e. The van der Waals surface area contributed by atoms with Crippen LogP contribution in [0.1, 0.15) is 44.6 Å². The van der Waals surface area contributed by atoms with E-state index in [1.54, 1.807) is 13.8 Å². The number of Topliss-reactive ketones (excluding diaryl/α,β-unsaturated/α-hetero) is 1. The van der Waals surface area contributed by atoms with E-state index >= 15 is 0 Å². The number of aryl methyl sites for hydroxylation is 2. The SMILES string of the molecule is CC(=O)c1c(C)[nH]c(C(=O)Nc2nc3ccc(C)cc3s2)c1C. The van der Waals surface area contributed by atoms with E-state index in [-0.39, 0.29) is 11.7 Å². The number of hydrogen-bond acceptors (Lipinski definition) is 4. The van der Waals surface area contributed by atoms with E-state index in [9.17, 15) is 9.59 Å². The fourth-order valence-corrected chi connectivity index (χ4v) is 3.71. The van der Waals surface area contributed by atoms with Crippen LogP contribution in [0.2, 0.25) is 0 Å². The molecular weight excluding hydrogens is 310 g/mol. The molecule has 2 aromatic heterocycles. The highest BCUT2D eigenvalue weighted by molar-refractivity contribution is 7.22. The lowest BCUT2D eigenvalue weighted by Gasteiger charge is -2.01. The van der Waals surface area contributed by atoms with Gasteiger partial charge < -0.3 is 4.98 Å². The number of benzene rings is 1. The van der Waals surface area contributed by atoms with Gasteiger partial charge >= 0.3 is 0 Å². The molecule has 0 spiro atoms. The van der Waals surface area contributed by atoms with Crippen molar-refractivity contribution < 1.29 is 9.59 Å². The Morgan fingerprint density at radius 2 is 1.96 bits per heavy atom. The van der Waals surface area contributed by atoms with E-state index in [4.69, 9.17) is 0 Å². The normalized spacial score (nSPS) is 11.0. The molecule has 0 atom stereocenters. The van der Waals surface area contributed by atoms with Crippen LogP contribution < -0.4 is 5.32 Å². The van der Waals surface area contributed by atoms with Crippen LogP contribution in [-0.2, 0) is 0 Å². The number of aromatic amines is 1. The number of fused-ring (bicyclic) bond motifs is 1. The first kappa shape index (κ1) is 15.4. The number of amides is 1. The minimum atomic E-state index is -0.283. The Bertz CT molecular complexity index is 937. The molecule has 23 heavy (non-hydrogen) atoms. The Labute approximate surface area is 137 Å². The van der Waals surface area contributed by atoms with E-state index in [0.717, 1.165) is 15.8 Å². The highest BCUT2D eigenvalue weighted by atomic mass is 32.1. The average molecular weight is 327 g/mol. The number of carbonyl (C=O) groups excluding carboxylic acids is 2. The summed E-state index contributed by atoms with van der Waals surface area (Å²) in [5.41, 5.74) is 4.38. The molecule has 0 aliphatic heterocycles. The zero-order valence-electron chi connectivity index (χ0n) is 13.4. The van der Waals surface area contributed by atoms with Gasteiger partial charge in [-0.2, -0.15) is 0 Å². The Kier molecular flexibility index (Phi) is 3.77. The highest BCUT2D eigenvalue weighted by Crippen LogP contribution is 2.27. The van der Waals surface area contributed by atoms with Gasteiger partial charge in [-0.3, -0.25) is 14.9 Å². The lowest BCUT2D eigenvalue weighted by Crippen LogP contribution is -2.13. The van der Waals surface area contributed by atoms with Gasteiger partial charge in [0.2, 0.25) is 0 Å². The Morgan fingerprint density at radius 3 is 2.61 bits per heavy atom. The molecule has 5 nitrogen and oxygen atoms in total. The van der Waals surface area contributed by atoms with Crippen LogP contribution in [0.15, 0.2) is 18.2 Å². The molecule has 3 aromatic rings. The number of nitrogens with zero attached hydrogens (tertiary/aromatic N) is 1. The first-order chi connectivity index (χ1) is 10.9. The third-order valence-electron chi connectivity index (χ3n) is 3.78. The van der Waals surface area contributed by atoms with Crippen molar-refractivity contribution in [3.63, 3.8) is 0 Å². The highest BCUT2D eigenvalue weighted by Gasteiger charge is 2.20. The van der Waals surface area contributed by atoms with Crippen molar-refractivity contribution >= 4 is 38.4 Å². The second kappa shape index (κ2) is 5.62. The summed E-state index contributed by atoms with van der Waals surface area (Å²) in [7, 11) is 0. The van der Waals surface area contributed by atoms with Gasteiger partial charge in [0, 0.05) is 11.3 Å². The molecule has 3 rings (SSSR count). The Balaban J connectivity index is 1.91. The first-order valence-electron chi connectivity index (χ1n) is 7.25. The first-order valence-corrected chi connectivity index (χ1v) is 8.07. The van der Waals surface area contributed by atoms with Gasteiger partial charge in [-0.1, -0.05) is 17.4 Å². The second-order valence-electron chi connectivity index (χ2n) is 5.63. The monoisotopic (exact) mass is 327 g/mol. The summed E-state index contributed by atoms with van der Waals surface area (Å²) in [5.74, 6) is -0.334. The number of thiazole rings is 1. The number of H-pyrrole nitrogens is 1. The van der Waals surface area contributed by atoms with Gasteiger partial charge in [-0.25, -0.2) is 4.98 Å². The van der Waals surface area contributed by atoms with Crippen molar-refractivity contribution in [2.24, 2.45) is 0 Å². The van der Waals surface area contributed by atoms with E-state index < -0.39 is 0 Å². The molecule has 1 aromatic carbocycles. The van der Waals surface area contributed by atoms with Crippen molar-refractivity contribution in [2.75, 3.05) is 5.32 Å². The smallest absolute Gasteiger partial charge is 0.274 e. The molecule has 0 unspecified atom stereocenters. The predicted molar refractivity (Wildman–Crippen MR) is 92.6 cm³/mol. The molecule has 6 heteroatoms. The molecule has 2 N–H and O–H groups in total. The maximum Gasteiger partial charge on any atom is 0.274 e. The summed E-state index contributed by atoms with van der Waals surface area (Å²) in [4.78, 5) is 31.6. The predicted octanol–water partition coefficient (Wildman–Crippen LogP) is 4.00. The van der Waals surface area contributed by atoms with Crippen LogP contribution in [0.25, 0.3) is 10.2 Å². The van der Waals surface area contributed by atoms with Crippen molar-refractivity contribution in [3.8, 4) is 0 Å². The molecule has 0 aliphatic rings. The molecule has 0 fully saturated rings. The molecular formula is C17H17N3O2S. The number of nitrogens with one attached hydrogen (secondary N) is 2. The number of carbonyl (C=O) groups is 2. The summed E-state index contributed by atoms with van der Waals surface area (Å²) >= 11 is 1.43. The van der Waals surface area contributed by atoms with Gasteiger partial charge in [0.1, 0.15) is 5.69 Å². The number of anilines is 1. The van der Waals surface area contributed by atoms with Crippen molar-refractivity contribution in [1.29, 1.82) is 0 Å². The van der Waals surface area contributed by atoms with Crippen LogP contribution in [0.4, 0.5) is 5.13 Å². The summed E-state index contributed by atoms with van der Waals surface area (Å²) in [6.45, 7) is 7.09. The van der Waals surface area contributed by atoms with Gasteiger partial charge in [0.15, 0.2) is 10.9 Å². The van der Waals surface area contributed by atoms with Crippen molar-refractivity contribution in [1.82, 2.24) is 9.97 Å². The Hall–Kier alpha value is -2.47. The topological polar surface area (TPSA) is 74.8 Å². The lowest BCUT2D eigenvalue weighted by atomic mass is 10.1. The number of rotatable bonds is 3. The van der Waals surface area contributed by atoms with Gasteiger partial charge in [0.05, 0.1) is 10.2 Å². The third-order valence-corrected chi connectivity index (χ3v) is 4.71. The quantitative estimate of drug-likeness (QED) is 0.714. The van der Waals surface area contributed by atoms with Crippen LogP contribution in [0.3, 0.4) is 0 Å². The van der Waals surface area contributed by atoms with Crippen LogP contribution in [0.5, 0.6) is 0 Å². The van der Waals surface area contributed by atoms with E-state index in [2.05, 4.69) is 15.3 Å². The molecule has 0 saturated carbocycles. The summed E-state index contributed by atoms with van der Waals surface area (Å²) in [6.07, 6.45) is 0. The van der Waals surface area contributed by atoms with E-state index in [0.29, 0.717) is 27.6 Å². The molecule has 2 heterocycles. The third kappa shape index (κ3) is 2.77. The molecule has 118 valence electrons. The standard InChI is InChI=1S/C17H17N3O2S/c1-8-5-6-12-13(7-8)23-17(19-12)20-16(22)15-9(2)14(11(4)21)10(3)18-15/h5-7,18H,1-4H3,(H,19,20,22). The number of hydrogen-bond donors (Lipinski definition) is 2. The van der Waals surface area contributed by atoms with E-state index in [1.165, 1.54) is 18.3 Å². The van der Waals surface area contributed by atoms with Crippen molar-refractivity contribution in [3.05, 3.63) is 46.3 Å². The van der Waals surface area contributed by atoms with Gasteiger partial charge in [-0.15, -0.1) is 0 Å². The van der Waals surface area contributed by atoms with Gasteiger partial charge in [-0.05, 0) is 51.0 Å².